The topological polar surface area (TPSA) is 33.6 Å². The highest BCUT2D eigenvalue weighted by Gasteiger charge is 2.12. The van der Waals surface area contributed by atoms with Crippen molar-refractivity contribution < 1.29 is 9.13 Å². The van der Waals surface area contributed by atoms with Crippen molar-refractivity contribution in [3.05, 3.63) is 58.3 Å². The minimum Gasteiger partial charge on any atom is -0.454 e. The van der Waals surface area contributed by atoms with E-state index in [4.69, 9.17) is 4.74 Å². The van der Waals surface area contributed by atoms with Crippen LogP contribution >= 0.6 is 15.9 Å². The Morgan fingerprint density at radius 1 is 1.20 bits per heavy atom. The first-order valence-corrected chi connectivity index (χ1v) is 7.03. The molecule has 3 rings (SSSR count). The second-order valence-corrected chi connectivity index (χ2v) is 5.28. The van der Waals surface area contributed by atoms with Crippen LogP contribution < -0.4 is 10.1 Å². The molecule has 20 heavy (non-hydrogen) atoms. The molecule has 0 radical (unpaired) electrons. The van der Waals surface area contributed by atoms with Gasteiger partial charge in [0.15, 0.2) is 11.6 Å². The zero-order valence-corrected chi connectivity index (χ0v) is 12.2. The molecule has 0 saturated carbocycles. The van der Waals surface area contributed by atoms with Gasteiger partial charge < -0.3 is 10.1 Å². The van der Waals surface area contributed by atoms with Gasteiger partial charge in [0.05, 0.1) is 6.54 Å². The summed E-state index contributed by atoms with van der Waals surface area (Å²) in [6.07, 6.45) is 0. The molecule has 1 aliphatic heterocycles. The van der Waals surface area contributed by atoms with Gasteiger partial charge in [0.1, 0.15) is 11.6 Å². The molecule has 0 bridgehead atoms. The van der Waals surface area contributed by atoms with Crippen LogP contribution in [-0.2, 0) is 0 Å². The molecule has 0 spiro atoms. The molecule has 1 N–H and O–H groups in total. The Morgan fingerprint density at radius 2 is 2.10 bits per heavy atom. The first-order chi connectivity index (χ1) is 9.72. The van der Waals surface area contributed by atoms with Gasteiger partial charge >= 0.3 is 0 Å². The summed E-state index contributed by atoms with van der Waals surface area (Å²) in [6, 6.07) is 12.1. The highest BCUT2D eigenvalue weighted by atomic mass is 79.9. The molecule has 2 aromatic rings. The van der Waals surface area contributed by atoms with E-state index in [1.807, 2.05) is 12.1 Å². The second kappa shape index (κ2) is 5.63. The average Bonchev–Trinajstić information content (AvgIpc) is 2.95. The van der Waals surface area contributed by atoms with Crippen molar-refractivity contribution in [1.82, 2.24) is 5.32 Å². The van der Waals surface area contributed by atoms with E-state index in [0.29, 0.717) is 5.75 Å². The van der Waals surface area contributed by atoms with Crippen LogP contribution in [0.1, 0.15) is 5.56 Å². The van der Waals surface area contributed by atoms with Crippen molar-refractivity contribution in [2.45, 2.75) is 0 Å². The minimum atomic E-state index is -0.404. The zero-order valence-electron chi connectivity index (χ0n) is 10.6. The van der Waals surface area contributed by atoms with Crippen LogP contribution in [-0.4, -0.2) is 18.9 Å². The van der Waals surface area contributed by atoms with Crippen LogP contribution in [0.3, 0.4) is 0 Å². The van der Waals surface area contributed by atoms with Crippen LogP contribution in [0.15, 0.2) is 51.9 Å². The molecule has 2 aromatic carbocycles. The average molecular weight is 335 g/mol. The third-order valence-corrected chi connectivity index (χ3v) is 3.40. The Kier molecular flexibility index (Phi) is 3.69. The van der Waals surface area contributed by atoms with E-state index in [2.05, 4.69) is 26.2 Å². The molecule has 0 fully saturated rings. The molecule has 0 atom stereocenters. The zero-order chi connectivity index (χ0) is 13.9. The molecule has 0 unspecified atom stereocenters. The van der Waals surface area contributed by atoms with Gasteiger partial charge in [-0.25, -0.2) is 4.39 Å². The van der Waals surface area contributed by atoms with Gasteiger partial charge in [0.2, 0.25) is 0 Å². The van der Waals surface area contributed by atoms with Gasteiger partial charge in [-0.05, 0) is 36.4 Å². The van der Waals surface area contributed by atoms with E-state index in [1.54, 1.807) is 24.3 Å². The summed E-state index contributed by atoms with van der Waals surface area (Å²) < 4.78 is 20.5. The second-order valence-electron chi connectivity index (χ2n) is 4.36. The number of nitrogens with zero attached hydrogens (tertiary/aromatic N) is 1. The van der Waals surface area contributed by atoms with Crippen molar-refractivity contribution in [2.24, 2.45) is 4.99 Å². The van der Waals surface area contributed by atoms with Crippen molar-refractivity contribution in [2.75, 3.05) is 13.1 Å². The van der Waals surface area contributed by atoms with E-state index in [1.165, 1.54) is 6.07 Å². The minimum absolute atomic E-state index is 0.199. The number of rotatable bonds is 3. The SMILES string of the molecule is Fc1cc(C2=NCCN2)ccc1Oc1cccc(Br)c1. The molecule has 102 valence electrons. The van der Waals surface area contributed by atoms with Gasteiger partial charge in [-0.1, -0.05) is 22.0 Å². The lowest BCUT2D eigenvalue weighted by Gasteiger charge is -2.09. The molecule has 0 aliphatic carbocycles. The maximum atomic E-state index is 14.1. The fourth-order valence-corrected chi connectivity index (χ4v) is 2.36. The number of amidine groups is 1. The summed E-state index contributed by atoms with van der Waals surface area (Å²) in [7, 11) is 0. The Bertz CT molecular complexity index is 673. The van der Waals surface area contributed by atoms with Crippen LogP contribution in [0.2, 0.25) is 0 Å². The van der Waals surface area contributed by atoms with Crippen molar-refractivity contribution >= 4 is 21.8 Å². The number of benzene rings is 2. The third kappa shape index (κ3) is 2.82. The molecule has 5 heteroatoms. The Labute approximate surface area is 124 Å². The number of halogens is 2. The highest BCUT2D eigenvalue weighted by molar-refractivity contribution is 9.10. The Morgan fingerprint density at radius 3 is 2.80 bits per heavy atom. The lowest BCUT2D eigenvalue weighted by atomic mass is 10.2. The van der Waals surface area contributed by atoms with Crippen molar-refractivity contribution in [1.29, 1.82) is 0 Å². The number of aliphatic imine (C=N–C) groups is 1. The van der Waals surface area contributed by atoms with Gasteiger partial charge in [0, 0.05) is 16.6 Å². The van der Waals surface area contributed by atoms with E-state index >= 15 is 0 Å². The largest absolute Gasteiger partial charge is 0.454 e. The smallest absolute Gasteiger partial charge is 0.166 e. The number of hydrogen-bond acceptors (Lipinski definition) is 3. The third-order valence-electron chi connectivity index (χ3n) is 2.90. The molecule has 1 heterocycles. The fraction of sp³-hybridized carbons (Fsp3) is 0.133. The van der Waals surface area contributed by atoms with E-state index in [-0.39, 0.29) is 5.75 Å². The van der Waals surface area contributed by atoms with Crippen LogP contribution in [0.5, 0.6) is 11.5 Å². The predicted molar refractivity (Wildman–Crippen MR) is 80.0 cm³/mol. The molecule has 3 nitrogen and oxygen atoms in total. The molecular weight excluding hydrogens is 323 g/mol. The van der Waals surface area contributed by atoms with Gasteiger partial charge in [-0.3, -0.25) is 4.99 Å². The van der Waals surface area contributed by atoms with E-state index in [9.17, 15) is 4.39 Å². The van der Waals surface area contributed by atoms with Gasteiger partial charge in [0.25, 0.3) is 0 Å². The molecule has 1 aliphatic rings. The quantitative estimate of drug-likeness (QED) is 0.927. The summed E-state index contributed by atoms with van der Waals surface area (Å²) in [6.45, 7) is 1.53. The van der Waals surface area contributed by atoms with E-state index in [0.717, 1.165) is 29.0 Å². The summed E-state index contributed by atoms with van der Waals surface area (Å²) in [5.74, 6) is 1.12. The molecule has 0 amide bonds. The number of nitrogens with one attached hydrogen (secondary N) is 1. The first kappa shape index (κ1) is 13.1. The summed E-state index contributed by atoms with van der Waals surface area (Å²) in [5, 5.41) is 3.11. The lowest BCUT2D eigenvalue weighted by Crippen LogP contribution is -2.19. The molecule has 0 aromatic heterocycles. The maximum absolute atomic E-state index is 14.1. The molecular formula is C15H12BrFN2O. The number of hydrogen-bond donors (Lipinski definition) is 1. The number of ether oxygens (including phenoxy) is 1. The maximum Gasteiger partial charge on any atom is 0.166 e. The fourth-order valence-electron chi connectivity index (χ4n) is 1.98. The Balaban J connectivity index is 1.84. The lowest BCUT2D eigenvalue weighted by molar-refractivity contribution is 0.442. The first-order valence-electron chi connectivity index (χ1n) is 6.24. The Hall–Kier alpha value is -1.88. The van der Waals surface area contributed by atoms with E-state index < -0.39 is 5.82 Å². The van der Waals surface area contributed by atoms with Crippen LogP contribution in [0, 0.1) is 5.82 Å². The summed E-state index contributed by atoms with van der Waals surface area (Å²) >= 11 is 3.35. The highest BCUT2D eigenvalue weighted by Crippen LogP contribution is 2.27. The van der Waals surface area contributed by atoms with Crippen LogP contribution in [0.25, 0.3) is 0 Å². The van der Waals surface area contributed by atoms with Gasteiger partial charge in [-0.15, -0.1) is 0 Å². The van der Waals surface area contributed by atoms with Crippen molar-refractivity contribution in [3.63, 3.8) is 0 Å². The monoisotopic (exact) mass is 334 g/mol. The predicted octanol–water partition coefficient (Wildman–Crippen LogP) is 3.73. The normalized spacial score (nSPS) is 13.8. The van der Waals surface area contributed by atoms with Crippen molar-refractivity contribution in [3.8, 4) is 11.5 Å². The molecule has 0 saturated heterocycles. The van der Waals surface area contributed by atoms with Gasteiger partial charge in [-0.2, -0.15) is 0 Å². The summed E-state index contributed by atoms with van der Waals surface area (Å²) in [5.41, 5.74) is 0.738. The van der Waals surface area contributed by atoms with Crippen LogP contribution in [0.4, 0.5) is 4.39 Å². The standard InChI is InChI=1S/C15H12BrFN2O/c16-11-2-1-3-12(9-11)20-14-5-4-10(8-13(14)17)15-18-6-7-19-15/h1-5,8-9H,6-7H2,(H,18,19). The summed E-state index contributed by atoms with van der Waals surface area (Å²) in [4.78, 5) is 4.26.